The van der Waals surface area contributed by atoms with Gasteiger partial charge < -0.3 is 10.2 Å². The van der Waals surface area contributed by atoms with Crippen LogP contribution in [0.1, 0.15) is 44.6 Å². The molecule has 1 aliphatic rings. The van der Waals surface area contributed by atoms with Crippen molar-refractivity contribution in [3.63, 3.8) is 0 Å². The maximum Gasteiger partial charge on any atom is 0.264 e. The number of amides is 2. The molecule has 0 spiro atoms. The van der Waals surface area contributed by atoms with Crippen molar-refractivity contribution in [1.82, 2.24) is 10.2 Å². The van der Waals surface area contributed by atoms with E-state index < -0.39 is 28.5 Å². The summed E-state index contributed by atoms with van der Waals surface area (Å²) in [5, 5.41) is 4.03. The monoisotopic (exact) mass is 635 g/mol. The minimum Gasteiger partial charge on any atom is -0.352 e. The molecule has 1 atom stereocenters. The van der Waals surface area contributed by atoms with Crippen LogP contribution >= 0.6 is 34.8 Å². The Labute approximate surface area is 256 Å². The lowest BCUT2D eigenvalue weighted by Crippen LogP contribution is -2.53. The van der Waals surface area contributed by atoms with Crippen molar-refractivity contribution in [2.45, 2.75) is 62.6 Å². The number of hydrogen-bond acceptors (Lipinski definition) is 4. The van der Waals surface area contributed by atoms with Gasteiger partial charge in [-0.15, -0.1) is 0 Å². The smallest absolute Gasteiger partial charge is 0.264 e. The lowest BCUT2D eigenvalue weighted by Gasteiger charge is -2.34. The minimum absolute atomic E-state index is 0.00846. The summed E-state index contributed by atoms with van der Waals surface area (Å²) in [4.78, 5) is 29.1. The number of nitrogens with one attached hydrogen (secondary N) is 1. The molecule has 1 aliphatic carbocycles. The lowest BCUT2D eigenvalue weighted by molar-refractivity contribution is -0.140. The zero-order valence-corrected chi connectivity index (χ0v) is 25.7. The first-order chi connectivity index (χ1) is 19.6. The van der Waals surface area contributed by atoms with Gasteiger partial charge in [-0.05, 0) is 67.3 Å². The molecule has 3 aromatic carbocycles. The molecule has 1 fully saturated rings. The fourth-order valence-electron chi connectivity index (χ4n) is 4.96. The molecule has 0 radical (unpaired) electrons. The Kier molecular flexibility index (Phi) is 10.6. The van der Waals surface area contributed by atoms with Crippen molar-refractivity contribution in [2.24, 2.45) is 0 Å². The van der Waals surface area contributed by atoms with Gasteiger partial charge in [-0.1, -0.05) is 84.9 Å². The summed E-state index contributed by atoms with van der Waals surface area (Å²) >= 11 is 18.4. The highest BCUT2D eigenvalue weighted by atomic mass is 35.5. The maximum atomic E-state index is 14.1. The zero-order chi connectivity index (χ0) is 29.6. The summed E-state index contributed by atoms with van der Waals surface area (Å²) in [5.41, 5.74) is 0.924. The topological polar surface area (TPSA) is 86.8 Å². The number of sulfonamides is 1. The van der Waals surface area contributed by atoms with Gasteiger partial charge in [0.25, 0.3) is 10.0 Å². The third-order valence-electron chi connectivity index (χ3n) is 7.15. The second kappa shape index (κ2) is 13.9. The summed E-state index contributed by atoms with van der Waals surface area (Å²) in [6.07, 6.45) is 4.23. The SMILES string of the molecule is CC[C@H](C(=O)NC1CCCC1)N(Cc1ccc(Cl)cc1)C(=O)CN(c1ccc(Cl)c(Cl)c1)S(=O)(=O)c1ccccc1. The highest BCUT2D eigenvalue weighted by molar-refractivity contribution is 7.92. The quantitative estimate of drug-likeness (QED) is 0.254. The highest BCUT2D eigenvalue weighted by Gasteiger charge is 2.34. The van der Waals surface area contributed by atoms with E-state index in [0.29, 0.717) is 11.4 Å². The molecular weight excluding hydrogens is 605 g/mol. The van der Waals surface area contributed by atoms with Gasteiger partial charge in [0.15, 0.2) is 0 Å². The van der Waals surface area contributed by atoms with Gasteiger partial charge in [0, 0.05) is 17.6 Å². The van der Waals surface area contributed by atoms with E-state index in [1.54, 1.807) is 42.5 Å². The fraction of sp³-hybridized carbons (Fsp3) is 0.333. The first-order valence-electron chi connectivity index (χ1n) is 13.5. The normalized spacial score (nSPS) is 14.4. The molecule has 0 heterocycles. The van der Waals surface area contributed by atoms with Crippen LogP contribution in [-0.2, 0) is 26.2 Å². The van der Waals surface area contributed by atoms with Gasteiger partial charge in [-0.3, -0.25) is 13.9 Å². The maximum absolute atomic E-state index is 14.1. The molecular formula is C30H32Cl3N3O4S. The molecule has 0 saturated heterocycles. The van der Waals surface area contributed by atoms with Gasteiger partial charge in [0.05, 0.1) is 20.6 Å². The van der Waals surface area contributed by atoms with E-state index in [1.807, 2.05) is 6.92 Å². The molecule has 1 N–H and O–H groups in total. The molecule has 3 aromatic rings. The summed E-state index contributed by atoms with van der Waals surface area (Å²) in [6, 6.07) is 18.4. The molecule has 1 saturated carbocycles. The third-order valence-corrected chi connectivity index (χ3v) is 9.93. The number of halogens is 3. The van der Waals surface area contributed by atoms with Crippen LogP contribution in [0.5, 0.6) is 0 Å². The molecule has 0 bridgehead atoms. The summed E-state index contributed by atoms with van der Waals surface area (Å²) in [6.45, 7) is 1.36. The molecule has 7 nitrogen and oxygen atoms in total. The summed E-state index contributed by atoms with van der Waals surface area (Å²) in [5.74, 6) is -0.798. The van der Waals surface area contributed by atoms with Crippen LogP contribution in [-0.4, -0.2) is 43.8 Å². The van der Waals surface area contributed by atoms with Crippen molar-refractivity contribution >= 4 is 62.3 Å². The van der Waals surface area contributed by atoms with Crippen LogP contribution < -0.4 is 9.62 Å². The lowest BCUT2D eigenvalue weighted by atomic mass is 10.1. The Balaban J connectivity index is 1.72. The van der Waals surface area contributed by atoms with Crippen molar-refractivity contribution in [1.29, 1.82) is 0 Å². The second-order valence-corrected chi connectivity index (χ2v) is 13.1. The largest absolute Gasteiger partial charge is 0.352 e. The van der Waals surface area contributed by atoms with Gasteiger partial charge in [0.2, 0.25) is 11.8 Å². The number of carbonyl (C=O) groups excluding carboxylic acids is 2. The van der Waals surface area contributed by atoms with E-state index in [2.05, 4.69) is 5.32 Å². The third kappa shape index (κ3) is 7.74. The van der Waals surface area contributed by atoms with Crippen LogP contribution in [0, 0.1) is 0 Å². The van der Waals surface area contributed by atoms with Crippen molar-refractivity contribution in [2.75, 3.05) is 10.8 Å². The minimum atomic E-state index is -4.20. The average Bonchev–Trinajstić information content (AvgIpc) is 3.47. The van der Waals surface area contributed by atoms with Crippen molar-refractivity contribution < 1.29 is 18.0 Å². The molecule has 0 unspecified atom stereocenters. The number of benzene rings is 3. The second-order valence-electron chi connectivity index (χ2n) is 9.99. The molecule has 41 heavy (non-hydrogen) atoms. The molecule has 2 amide bonds. The highest BCUT2D eigenvalue weighted by Crippen LogP contribution is 2.31. The van der Waals surface area contributed by atoms with Crippen LogP contribution in [0.2, 0.25) is 15.1 Å². The number of rotatable bonds is 11. The predicted octanol–water partition coefficient (Wildman–Crippen LogP) is 6.71. The number of nitrogens with zero attached hydrogens (tertiary/aromatic N) is 2. The van der Waals surface area contributed by atoms with E-state index in [9.17, 15) is 18.0 Å². The summed E-state index contributed by atoms with van der Waals surface area (Å²) < 4.78 is 28.7. The van der Waals surface area contributed by atoms with E-state index in [-0.39, 0.29) is 39.1 Å². The molecule has 11 heteroatoms. The van der Waals surface area contributed by atoms with Crippen molar-refractivity contribution in [3.8, 4) is 0 Å². The average molecular weight is 637 g/mol. The first kappa shape index (κ1) is 31.2. The van der Waals surface area contributed by atoms with Gasteiger partial charge >= 0.3 is 0 Å². The molecule has 0 aliphatic heterocycles. The molecule has 4 rings (SSSR count). The molecule has 218 valence electrons. The Morgan fingerprint density at radius 2 is 1.59 bits per heavy atom. The van der Waals surface area contributed by atoms with Crippen molar-refractivity contribution in [3.05, 3.63) is 93.4 Å². The standard InChI is InChI=1S/C30H32Cl3N3O4S/c1-2-28(30(38)34-23-8-6-7-9-23)35(19-21-12-14-22(31)15-13-21)29(37)20-36(24-16-17-26(32)27(33)18-24)41(39,40)25-10-4-3-5-11-25/h3-5,10-18,23,28H,2,6-9,19-20H2,1H3,(H,34,38)/t28-/m1/s1. The van der Waals surface area contributed by atoms with Gasteiger partial charge in [0.1, 0.15) is 12.6 Å². The summed E-state index contributed by atoms with van der Waals surface area (Å²) in [7, 11) is -4.20. The Morgan fingerprint density at radius 1 is 0.927 bits per heavy atom. The zero-order valence-electron chi connectivity index (χ0n) is 22.6. The Hall–Kier alpha value is -2.78. The Morgan fingerprint density at radius 3 is 2.20 bits per heavy atom. The number of hydrogen-bond donors (Lipinski definition) is 1. The van der Waals surface area contributed by atoms with E-state index in [4.69, 9.17) is 34.8 Å². The van der Waals surface area contributed by atoms with E-state index >= 15 is 0 Å². The fourth-order valence-corrected chi connectivity index (χ4v) is 6.81. The van der Waals surface area contributed by atoms with Crippen LogP contribution in [0.15, 0.2) is 77.7 Å². The first-order valence-corrected chi connectivity index (χ1v) is 16.0. The predicted molar refractivity (Wildman–Crippen MR) is 164 cm³/mol. The number of carbonyl (C=O) groups is 2. The van der Waals surface area contributed by atoms with E-state index in [1.165, 1.54) is 35.2 Å². The van der Waals surface area contributed by atoms with Gasteiger partial charge in [-0.2, -0.15) is 0 Å². The Bertz CT molecular complexity index is 1460. The van der Waals surface area contributed by atoms with Crippen LogP contribution in [0.3, 0.4) is 0 Å². The van der Waals surface area contributed by atoms with Gasteiger partial charge in [-0.25, -0.2) is 8.42 Å². The molecule has 0 aromatic heterocycles. The number of anilines is 1. The van der Waals surface area contributed by atoms with Crippen LogP contribution in [0.4, 0.5) is 5.69 Å². The van der Waals surface area contributed by atoms with E-state index in [0.717, 1.165) is 35.6 Å². The van der Waals surface area contributed by atoms with Crippen LogP contribution in [0.25, 0.3) is 0 Å².